The minimum atomic E-state index is -0.0704. The molecule has 0 spiro atoms. The van der Waals surface area contributed by atoms with Crippen molar-refractivity contribution in [2.24, 2.45) is 5.92 Å². The van der Waals surface area contributed by atoms with Gasteiger partial charge in [0.05, 0.1) is 0 Å². The molecular formula is C14H16N2O4. The van der Waals surface area contributed by atoms with E-state index in [4.69, 9.17) is 9.47 Å². The molecule has 1 fully saturated rings. The Bertz CT molecular complexity index is 558. The number of rotatable bonds is 3. The molecular weight excluding hydrogens is 260 g/mol. The van der Waals surface area contributed by atoms with Crippen LogP contribution < -0.4 is 19.7 Å². The average molecular weight is 276 g/mol. The van der Waals surface area contributed by atoms with Gasteiger partial charge in [-0.2, -0.15) is 0 Å². The first-order chi connectivity index (χ1) is 9.63. The van der Waals surface area contributed by atoms with Crippen LogP contribution in [-0.4, -0.2) is 31.7 Å². The van der Waals surface area contributed by atoms with Gasteiger partial charge < -0.3 is 19.7 Å². The summed E-state index contributed by atoms with van der Waals surface area (Å²) >= 11 is 0. The predicted molar refractivity (Wildman–Crippen MR) is 71.7 cm³/mol. The molecule has 106 valence electrons. The highest BCUT2D eigenvalue weighted by Gasteiger charge is 2.31. The molecule has 2 aliphatic rings. The van der Waals surface area contributed by atoms with Gasteiger partial charge in [-0.05, 0) is 12.1 Å². The highest BCUT2D eigenvalue weighted by atomic mass is 16.7. The Kier molecular flexibility index (Phi) is 3.22. The van der Waals surface area contributed by atoms with Gasteiger partial charge >= 0.3 is 0 Å². The van der Waals surface area contributed by atoms with Crippen molar-refractivity contribution in [2.45, 2.75) is 13.3 Å². The molecule has 1 aromatic carbocycles. The van der Waals surface area contributed by atoms with Crippen LogP contribution in [0.1, 0.15) is 13.3 Å². The van der Waals surface area contributed by atoms with Crippen molar-refractivity contribution >= 4 is 17.5 Å². The Morgan fingerprint density at radius 2 is 2.20 bits per heavy atom. The number of ether oxygens (including phenoxy) is 2. The van der Waals surface area contributed by atoms with E-state index in [9.17, 15) is 9.59 Å². The second-order valence-corrected chi connectivity index (χ2v) is 5.05. The first-order valence-electron chi connectivity index (χ1n) is 6.58. The molecule has 6 heteroatoms. The number of hydrogen-bond acceptors (Lipinski definition) is 4. The first kappa shape index (κ1) is 12.8. The van der Waals surface area contributed by atoms with E-state index in [2.05, 4.69) is 5.32 Å². The molecule has 1 unspecified atom stereocenters. The van der Waals surface area contributed by atoms with E-state index in [0.717, 1.165) is 5.69 Å². The maximum atomic E-state index is 12.1. The van der Waals surface area contributed by atoms with Gasteiger partial charge in [-0.15, -0.1) is 0 Å². The monoisotopic (exact) mass is 276 g/mol. The molecule has 1 atom stereocenters. The number of nitrogens with zero attached hydrogens (tertiary/aromatic N) is 1. The molecule has 0 saturated carbocycles. The topological polar surface area (TPSA) is 67.9 Å². The van der Waals surface area contributed by atoms with Gasteiger partial charge in [-0.1, -0.05) is 0 Å². The maximum Gasteiger partial charge on any atom is 0.231 e. The highest BCUT2D eigenvalue weighted by Crippen LogP contribution is 2.37. The summed E-state index contributed by atoms with van der Waals surface area (Å²) in [4.78, 5) is 24.7. The van der Waals surface area contributed by atoms with Crippen LogP contribution in [0.4, 0.5) is 5.69 Å². The third-order valence-electron chi connectivity index (χ3n) is 3.51. The Hall–Kier alpha value is -2.24. The zero-order chi connectivity index (χ0) is 14.1. The van der Waals surface area contributed by atoms with Gasteiger partial charge in [0.2, 0.25) is 18.6 Å². The van der Waals surface area contributed by atoms with E-state index in [1.807, 2.05) is 18.2 Å². The lowest BCUT2D eigenvalue weighted by atomic mass is 10.1. The van der Waals surface area contributed by atoms with Crippen LogP contribution in [0.25, 0.3) is 0 Å². The van der Waals surface area contributed by atoms with Gasteiger partial charge in [0.25, 0.3) is 0 Å². The molecule has 3 rings (SSSR count). The van der Waals surface area contributed by atoms with E-state index >= 15 is 0 Å². The number of amides is 2. The number of anilines is 1. The zero-order valence-corrected chi connectivity index (χ0v) is 11.2. The van der Waals surface area contributed by atoms with Crippen LogP contribution in [0.2, 0.25) is 0 Å². The number of benzene rings is 1. The molecule has 2 amide bonds. The van der Waals surface area contributed by atoms with Crippen molar-refractivity contribution in [1.29, 1.82) is 0 Å². The second-order valence-electron chi connectivity index (χ2n) is 5.05. The number of fused-ring (bicyclic) bond motifs is 1. The Balaban J connectivity index is 1.71. The van der Waals surface area contributed by atoms with Crippen LogP contribution in [-0.2, 0) is 9.59 Å². The van der Waals surface area contributed by atoms with Crippen molar-refractivity contribution in [3.8, 4) is 11.5 Å². The van der Waals surface area contributed by atoms with Gasteiger partial charge in [0, 0.05) is 44.1 Å². The van der Waals surface area contributed by atoms with Crippen molar-refractivity contribution in [3.63, 3.8) is 0 Å². The summed E-state index contributed by atoms with van der Waals surface area (Å²) in [6.45, 7) is 2.84. The summed E-state index contributed by atoms with van der Waals surface area (Å²) in [7, 11) is 0. The van der Waals surface area contributed by atoms with E-state index in [1.165, 1.54) is 6.92 Å². The summed E-state index contributed by atoms with van der Waals surface area (Å²) in [5, 5.41) is 2.76. The quantitative estimate of drug-likeness (QED) is 0.891. The van der Waals surface area contributed by atoms with Crippen LogP contribution in [0.5, 0.6) is 11.5 Å². The first-order valence-corrected chi connectivity index (χ1v) is 6.58. The molecule has 2 heterocycles. The van der Waals surface area contributed by atoms with Gasteiger partial charge in [0.1, 0.15) is 0 Å². The molecule has 0 bridgehead atoms. The third kappa shape index (κ3) is 2.41. The summed E-state index contributed by atoms with van der Waals surface area (Å²) < 4.78 is 10.6. The average Bonchev–Trinajstić information content (AvgIpc) is 3.01. The fourth-order valence-electron chi connectivity index (χ4n) is 2.51. The third-order valence-corrected chi connectivity index (χ3v) is 3.51. The Morgan fingerprint density at radius 3 is 3.00 bits per heavy atom. The standard InChI is InChI=1S/C14H16N2O4/c1-9(17)15-6-10-4-14(18)16(7-10)11-2-3-12-13(5-11)20-8-19-12/h2-3,5,10H,4,6-8H2,1H3,(H,15,17). The van der Waals surface area contributed by atoms with Crippen molar-refractivity contribution < 1.29 is 19.1 Å². The van der Waals surface area contributed by atoms with Crippen molar-refractivity contribution in [1.82, 2.24) is 5.32 Å². The number of nitrogens with one attached hydrogen (secondary N) is 1. The predicted octanol–water partition coefficient (Wildman–Crippen LogP) is 0.904. The minimum absolute atomic E-state index is 0.0687. The van der Waals surface area contributed by atoms with Gasteiger partial charge in [0.15, 0.2) is 11.5 Å². The fraction of sp³-hybridized carbons (Fsp3) is 0.429. The van der Waals surface area contributed by atoms with Crippen LogP contribution in [0, 0.1) is 5.92 Å². The normalized spacial score (nSPS) is 20.4. The number of hydrogen-bond donors (Lipinski definition) is 1. The molecule has 6 nitrogen and oxygen atoms in total. The summed E-state index contributed by atoms with van der Waals surface area (Å²) in [6, 6.07) is 5.49. The lowest BCUT2D eigenvalue weighted by Crippen LogP contribution is -2.29. The lowest BCUT2D eigenvalue weighted by molar-refractivity contribution is -0.120. The van der Waals surface area contributed by atoms with E-state index in [1.54, 1.807) is 4.90 Å². The largest absolute Gasteiger partial charge is 0.454 e. The van der Waals surface area contributed by atoms with Crippen molar-refractivity contribution in [2.75, 3.05) is 24.8 Å². The van der Waals surface area contributed by atoms with Gasteiger partial charge in [-0.25, -0.2) is 0 Å². The van der Waals surface area contributed by atoms with Crippen LogP contribution in [0.15, 0.2) is 18.2 Å². The molecule has 20 heavy (non-hydrogen) atoms. The Morgan fingerprint density at radius 1 is 1.40 bits per heavy atom. The number of carbonyl (C=O) groups excluding carboxylic acids is 2. The van der Waals surface area contributed by atoms with E-state index in [-0.39, 0.29) is 24.5 Å². The summed E-state index contributed by atoms with van der Waals surface area (Å²) in [5.41, 5.74) is 0.810. The van der Waals surface area contributed by atoms with Crippen molar-refractivity contribution in [3.05, 3.63) is 18.2 Å². The molecule has 1 saturated heterocycles. The molecule has 2 aliphatic heterocycles. The van der Waals surface area contributed by atoms with Crippen LogP contribution in [0.3, 0.4) is 0 Å². The molecule has 0 radical (unpaired) electrons. The number of carbonyl (C=O) groups is 2. The second kappa shape index (κ2) is 5.03. The Labute approximate surface area is 116 Å². The van der Waals surface area contributed by atoms with E-state index < -0.39 is 0 Å². The SMILES string of the molecule is CC(=O)NCC1CC(=O)N(c2ccc3c(c2)OCO3)C1. The molecule has 0 aromatic heterocycles. The van der Waals surface area contributed by atoms with E-state index in [0.29, 0.717) is 31.0 Å². The summed E-state index contributed by atoms with van der Waals surface area (Å²) in [5.74, 6) is 1.52. The fourth-order valence-corrected chi connectivity index (χ4v) is 2.51. The maximum absolute atomic E-state index is 12.1. The minimum Gasteiger partial charge on any atom is -0.454 e. The molecule has 0 aliphatic carbocycles. The molecule has 1 N–H and O–H groups in total. The highest BCUT2D eigenvalue weighted by molar-refractivity contribution is 5.96. The smallest absolute Gasteiger partial charge is 0.231 e. The van der Waals surface area contributed by atoms with Gasteiger partial charge in [-0.3, -0.25) is 9.59 Å². The van der Waals surface area contributed by atoms with Crippen LogP contribution >= 0.6 is 0 Å². The summed E-state index contributed by atoms with van der Waals surface area (Å²) in [6.07, 6.45) is 0.453. The lowest BCUT2D eigenvalue weighted by Gasteiger charge is -2.17. The molecule has 1 aromatic rings. The zero-order valence-electron chi connectivity index (χ0n) is 11.2.